The molecule has 0 amide bonds. The first-order chi connectivity index (χ1) is 6.38. The number of hydrogen-bond acceptors (Lipinski definition) is 1. The molecule has 0 aromatic heterocycles. The first-order valence-electron chi connectivity index (χ1n) is 5.15. The van der Waals surface area contributed by atoms with Crippen molar-refractivity contribution in [2.24, 2.45) is 5.92 Å². The molecule has 0 radical (unpaired) electrons. The van der Waals surface area contributed by atoms with Crippen molar-refractivity contribution in [1.82, 2.24) is 0 Å². The van der Waals surface area contributed by atoms with E-state index in [-0.39, 0.29) is 0 Å². The maximum Gasteiger partial charge on any atom is 0.0337 e. The third-order valence-electron chi connectivity index (χ3n) is 2.78. The maximum atomic E-state index is 3.13. The molecule has 1 aromatic carbocycles. The lowest BCUT2D eigenvalue weighted by Gasteiger charge is -2.02. The number of benzene rings is 1. The van der Waals surface area contributed by atoms with Crippen molar-refractivity contribution in [1.29, 1.82) is 0 Å². The SMILES string of the molecule is CNc1ccc(CCC2CC2)cc1. The van der Waals surface area contributed by atoms with Gasteiger partial charge in [-0.15, -0.1) is 0 Å². The molecule has 1 heteroatoms. The lowest BCUT2D eigenvalue weighted by molar-refractivity contribution is 0.727. The Balaban J connectivity index is 1.88. The molecule has 13 heavy (non-hydrogen) atoms. The van der Waals surface area contributed by atoms with Crippen LogP contribution >= 0.6 is 0 Å². The van der Waals surface area contributed by atoms with Crippen LogP contribution < -0.4 is 5.32 Å². The quantitative estimate of drug-likeness (QED) is 0.741. The molecule has 0 saturated heterocycles. The van der Waals surface area contributed by atoms with Gasteiger partial charge < -0.3 is 5.32 Å². The summed E-state index contributed by atoms with van der Waals surface area (Å²) >= 11 is 0. The van der Waals surface area contributed by atoms with E-state index in [0.717, 1.165) is 5.92 Å². The smallest absolute Gasteiger partial charge is 0.0337 e. The van der Waals surface area contributed by atoms with E-state index in [9.17, 15) is 0 Å². The molecular formula is C12H17N. The Bertz CT molecular complexity index is 259. The van der Waals surface area contributed by atoms with Gasteiger partial charge in [0.2, 0.25) is 0 Å². The van der Waals surface area contributed by atoms with Crippen molar-refractivity contribution in [3.8, 4) is 0 Å². The fraction of sp³-hybridized carbons (Fsp3) is 0.500. The van der Waals surface area contributed by atoms with Crippen LogP contribution in [0.4, 0.5) is 5.69 Å². The van der Waals surface area contributed by atoms with E-state index in [1.807, 2.05) is 7.05 Å². The summed E-state index contributed by atoms with van der Waals surface area (Å²) in [6.45, 7) is 0. The van der Waals surface area contributed by atoms with Gasteiger partial charge in [0, 0.05) is 12.7 Å². The minimum Gasteiger partial charge on any atom is -0.388 e. The summed E-state index contributed by atoms with van der Waals surface area (Å²) in [7, 11) is 1.96. The van der Waals surface area contributed by atoms with Gasteiger partial charge in [0.25, 0.3) is 0 Å². The van der Waals surface area contributed by atoms with Gasteiger partial charge in [-0.05, 0) is 36.5 Å². The van der Waals surface area contributed by atoms with Gasteiger partial charge in [-0.3, -0.25) is 0 Å². The number of aryl methyl sites for hydroxylation is 1. The highest BCUT2D eigenvalue weighted by atomic mass is 14.8. The molecule has 1 aromatic rings. The second-order valence-electron chi connectivity index (χ2n) is 3.93. The Labute approximate surface area is 80.2 Å². The molecule has 1 saturated carbocycles. The van der Waals surface area contributed by atoms with Crippen LogP contribution in [0.15, 0.2) is 24.3 Å². The van der Waals surface area contributed by atoms with Gasteiger partial charge in [-0.2, -0.15) is 0 Å². The Kier molecular flexibility index (Phi) is 2.53. The fourth-order valence-electron chi connectivity index (χ4n) is 1.62. The summed E-state index contributed by atoms with van der Waals surface area (Å²) in [6, 6.07) is 8.77. The molecule has 70 valence electrons. The summed E-state index contributed by atoms with van der Waals surface area (Å²) < 4.78 is 0. The van der Waals surface area contributed by atoms with Crippen LogP contribution in [0, 0.1) is 5.92 Å². The van der Waals surface area contributed by atoms with Gasteiger partial charge in [0.1, 0.15) is 0 Å². The molecule has 2 rings (SSSR count). The van der Waals surface area contributed by atoms with Crippen LogP contribution in [0.5, 0.6) is 0 Å². The third kappa shape index (κ3) is 2.48. The van der Waals surface area contributed by atoms with Crippen molar-refractivity contribution >= 4 is 5.69 Å². The Morgan fingerprint density at radius 3 is 2.46 bits per heavy atom. The zero-order valence-electron chi connectivity index (χ0n) is 8.22. The average Bonchev–Trinajstić information content (AvgIpc) is 2.99. The first-order valence-corrected chi connectivity index (χ1v) is 5.15. The number of rotatable bonds is 4. The largest absolute Gasteiger partial charge is 0.388 e. The van der Waals surface area contributed by atoms with E-state index < -0.39 is 0 Å². The van der Waals surface area contributed by atoms with Crippen LogP contribution in [-0.2, 0) is 6.42 Å². The van der Waals surface area contributed by atoms with E-state index in [1.54, 1.807) is 0 Å². The van der Waals surface area contributed by atoms with Crippen molar-refractivity contribution in [2.75, 3.05) is 12.4 Å². The highest BCUT2D eigenvalue weighted by Gasteiger charge is 2.20. The average molecular weight is 175 g/mol. The van der Waals surface area contributed by atoms with Crippen molar-refractivity contribution < 1.29 is 0 Å². The zero-order chi connectivity index (χ0) is 9.10. The molecule has 0 atom stereocenters. The number of hydrogen-bond donors (Lipinski definition) is 1. The van der Waals surface area contributed by atoms with E-state index in [0.29, 0.717) is 0 Å². The maximum absolute atomic E-state index is 3.13. The molecule has 0 bridgehead atoms. The standard InChI is InChI=1S/C12H17N/c1-13-12-8-6-11(7-9-12)5-4-10-2-3-10/h6-10,13H,2-5H2,1H3. The molecule has 1 fully saturated rings. The fourth-order valence-corrected chi connectivity index (χ4v) is 1.62. The Morgan fingerprint density at radius 1 is 1.23 bits per heavy atom. The summed E-state index contributed by atoms with van der Waals surface area (Å²) in [6.07, 6.45) is 5.58. The molecule has 1 N–H and O–H groups in total. The lowest BCUT2D eigenvalue weighted by atomic mass is 10.1. The molecular weight excluding hydrogens is 158 g/mol. The second kappa shape index (κ2) is 3.82. The van der Waals surface area contributed by atoms with Gasteiger partial charge in [-0.1, -0.05) is 25.0 Å². The van der Waals surface area contributed by atoms with Gasteiger partial charge in [-0.25, -0.2) is 0 Å². The van der Waals surface area contributed by atoms with Crippen LogP contribution in [0.1, 0.15) is 24.8 Å². The van der Waals surface area contributed by atoms with Gasteiger partial charge in [0.15, 0.2) is 0 Å². The monoisotopic (exact) mass is 175 g/mol. The predicted molar refractivity (Wildman–Crippen MR) is 57.0 cm³/mol. The van der Waals surface area contributed by atoms with Crippen molar-refractivity contribution in [2.45, 2.75) is 25.7 Å². The summed E-state index contributed by atoms with van der Waals surface area (Å²) in [4.78, 5) is 0. The normalized spacial score (nSPS) is 15.8. The zero-order valence-corrected chi connectivity index (χ0v) is 8.22. The van der Waals surface area contributed by atoms with E-state index in [2.05, 4.69) is 29.6 Å². The highest BCUT2D eigenvalue weighted by Crippen LogP contribution is 2.33. The van der Waals surface area contributed by atoms with Crippen molar-refractivity contribution in [3.63, 3.8) is 0 Å². The summed E-state index contributed by atoms with van der Waals surface area (Å²) in [5.74, 6) is 1.05. The minimum absolute atomic E-state index is 1.05. The van der Waals surface area contributed by atoms with E-state index in [4.69, 9.17) is 0 Å². The van der Waals surface area contributed by atoms with E-state index >= 15 is 0 Å². The van der Waals surface area contributed by atoms with Gasteiger partial charge in [0.05, 0.1) is 0 Å². The third-order valence-corrected chi connectivity index (χ3v) is 2.78. The molecule has 0 aliphatic heterocycles. The molecule has 1 aliphatic rings. The van der Waals surface area contributed by atoms with Crippen LogP contribution in [0.25, 0.3) is 0 Å². The predicted octanol–water partition coefficient (Wildman–Crippen LogP) is 3.07. The van der Waals surface area contributed by atoms with Gasteiger partial charge >= 0.3 is 0 Å². The molecule has 0 unspecified atom stereocenters. The second-order valence-corrected chi connectivity index (χ2v) is 3.93. The van der Waals surface area contributed by atoms with Crippen LogP contribution in [0.2, 0.25) is 0 Å². The Hall–Kier alpha value is -0.980. The minimum atomic E-state index is 1.05. The highest BCUT2D eigenvalue weighted by molar-refractivity contribution is 5.43. The van der Waals surface area contributed by atoms with Crippen molar-refractivity contribution in [3.05, 3.63) is 29.8 Å². The topological polar surface area (TPSA) is 12.0 Å². The van der Waals surface area contributed by atoms with Crippen LogP contribution in [-0.4, -0.2) is 7.05 Å². The lowest BCUT2D eigenvalue weighted by Crippen LogP contribution is -1.90. The molecule has 0 spiro atoms. The molecule has 1 nitrogen and oxygen atoms in total. The number of nitrogens with one attached hydrogen (secondary N) is 1. The summed E-state index contributed by atoms with van der Waals surface area (Å²) in [5, 5.41) is 3.13. The Morgan fingerprint density at radius 2 is 1.92 bits per heavy atom. The van der Waals surface area contributed by atoms with E-state index in [1.165, 1.54) is 36.9 Å². The first kappa shape index (κ1) is 8.61. The number of anilines is 1. The summed E-state index contributed by atoms with van der Waals surface area (Å²) in [5.41, 5.74) is 2.68. The molecule has 1 aliphatic carbocycles. The molecule has 0 heterocycles. The van der Waals surface area contributed by atoms with Crippen LogP contribution in [0.3, 0.4) is 0 Å².